The van der Waals surface area contributed by atoms with Gasteiger partial charge in [-0.1, -0.05) is 0 Å². The van der Waals surface area contributed by atoms with Crippen LogP contribution in [0.25, 0.3) is 0 Å². The Morgan fingerprint density at radius 1 is 1.38 bits per heavy atom. The topological polar surface area (TPSA) is 50.9 Å². The molecule has 0 amide bonds. The molecule has 1 saturated carbocycles. The number of pyridine rings is 1. The number of anilines is 2. The standard InChI is InChI=1S/C11H15F2N3/c1-11(2,6-3-4-6)16-10-8(13)5-7(12)9(14)15-10/h5-6H,3-4H2,1-2H3,(H3,14,15,16). The Morgan fingerprint density at radius 3 is 2.56 bits per heavy atom. The molecule has 0 bridgehead atoms. The van der Waals surface area contributed by atoms with Crippen molar-refractivity contribution in [3.8, 4) is 0 Å². The number of hydrogen-bond acceptors (Lipinski definition) is 3. The average Bonchev–Trinajstić information content (AvgIpc) is 2.96. The maximum atomic E-state index is 13.4. The van der Waals surface area contributed by atoms with Gasteiger partial charge in [0, 0.05) is 11.6 Å². The number of hydrogen-bond donors (Lipinski definition) is 2. The molecule has 1 fully saturated rings. The van der Waals surface area contributed by atoms with Crippen molar-refractivity contribution in [1.29, 1.82) is 0 Å². The molecule has 88 valence electrons. The van der Waals surface area contributed by atoms with Gasteiger partial charge < -0.3 is 11.1 Å². The van der Waals surface area contributed by atoms with Crippen LogP contribution in [0.5, 0.6) is 0 Å². The number of nitrogens with two attached hydrogens (primary N) is 1. The lowest BCUT2D eigenvalue weighted by Gasteiger charge is -2.27. The van der Waals surface area contributed by atoms with E-state index in [2.05, 4.69) is 10.3 Å². The Bertz CT molecular complexity index is 414. The van der Waals surface area contributed by atoms with Gasteiger partial charge in [0.1, 0.15) is 0 Å². The van der Waals surface area contributed by atoms with Crippen LogP contribution in [0.4, 0.5) is 20.4 Å². The molecule has 1 aromatic heterocycles. The van der Waals surface area contributed by atoms with Crippen molar-refractivity contribution in [3.05, 3.63) is 17.7 Å². The van der Waals surface area contributed by atoms with E-state index < -0.39 is 11.6 Å². The molecule has 16 heavy (non-hydrogen) atoms. The first-order valence-electron chi connectivity index (χ1n) is 5.30. The second-order valence-corrected chi connectivity index (χ2v) is 4.81. The van der Waals surface area contributed by atoms with E-state index in [0.29, 0.717) is 5.92 Å². The van der Waals surface area contributed by atoms with Crippen LogP contribution >= 0.6 is 0 Å². The lowest BCUT2D eigenvalue weighted by molar-refractivity contribution is 0.484. The summed E-state index contributed by atoms with van der Waals surface area (Å²) in [4.78, 5) is 3.68. The van der Waals surface area contributed by atoms with Gasteiger partial charge in [-0.05, 0) is 32.6 Å². The fourth-order valence-corrected chi connectivity index (χ4v) is 1.78. The number of rotatable bonds is 3. The molecular weight excluding hydrogens is 212 g/mol. The van der Waals surface area contributed by atoms with Crippen LogP contribution in [0.1, 0.15) is 26.7 Å². The van der Waals surface area contributed by atoms with Crippen LogP contribution in [-0.2, 0) is 0 Å². The van der Waals surface area contributed by atoms with E-state index in [1.807, 2.05) is 13.8 Å². The minimum absolute atomic E-state index is 0.0239. The number of halogens is 2. The predicted octanol–water partition coefficient (Wildman–Crippen LogP) is 2.54. The third-order valence-electron chi connectivity index (χ3n) is 3.00. The summed E-state index contributed by atoms with van der Waals surface area (Å²) in [6.07, 6.45) is 2.25. The molecular formula is C11H15F2N3. The number of nitrogen functional groups attached to an aromatic ring is 1. The Hall–Kier alpha value is -1.39. The summed E-state index contributed by atoms with van der Waals surface area (Å²) in [7, 11) is 0. The zero-order chi connectivity index (χ0) is 11.9. The lowest BCUT2D eigenvalue weighted by Crippen LogP contribution is -2.34. The highest BCUT2D eigenvalue weighted by Gasteiger charge is 2.38. The Morgan fingerprint density at radius 2 is 2.00 bits per heavy atom. The van der Waals surface area contributed by atoms with E-state index in [1.54, 1.807) is 0 Å². The van der Waals surface area contributed by atoms with Gasteiger partial charge in [-0.3, -0.25) is 0 Å². The molecule has 5 heteroatoms. The van der Waals surface area contributed by atoms with E-state index in [4.69, 9.17) is 5.73 Å². The van der Waals surface area contributed by atoms with Crippen LogP contribution in [-0.4, -0.2) is 10.5 Å². The van der Waals surface area contributed by atoms with Gasteiger partial charge in [0.25, 0.3) is 0 Å². The van der Waals surface area contributed by atoms with Gasteiger partial charge in [-0.25, -0.2) is 13.8 Å². The summed E-state index contributed by atoms with van der Waals surface area (Å²) in [6, 6.07) is 0.758. The van der Waals surface area contributed by atoms with Crippen molar-refractivity contribution >= 4 is 11.6 Å². The van der Waals surface area contributed by atoms with Gasteiger partial charge in [0.05, 0.1) is 0 Å². The molecule has 0 atom stereocenters. The molecule has 3 nitrogen and oxygen atoms in total. The van der Waals surface area contributed by atoms with Crippen molar-refractivity contribution in [1.82, 2.24) is 4.98 Å². The molecule has 0 radical (unpaired) electrons. The zero-order valence-electron chi connectivity index (χ0n) is 9.35. The largest absolute Gasteiger partial charge is 0.381 e. The minimum Gasteiger partial charge on any atom is -0.381 e. The maximum absolute atomic E-state index is 13.4. The van der Waals surface area contributed by atoms with Gasteiger partial charge in [-0.2, -0.15) is 0 Å². The van der Waals surface area contributed by atoms with Crippen LogP contribution in [0.3, 0.4) is 0 Å². The van der Waals surface area contributed by atoms with Crippen LogP contribution in [0.15, 0.2) is 6.07 Å². The van der Waals surface area contributed by atoms with E-state index in [-0.39, 0.29) is 17.2 Å². The molecule has 1 aliphatic rings. The normalized spacial score (nSPS) is 16.2. The second-order valence-electron chi connectivity index (χ2n) is 4.81. The quantitative estimate of drug-likeness (QED) is 0.834. The maximum Gasteiger partial charge on any atom is 0.168 e. The molecule has 0 aliphatic heterocycles. The smallest absolute Gasteiger partial charge is 0.168 e. The zero-order valence-corrected chi connectivity index (χ0v) is 9.35. The molecule has 0 spiro atoms. The lowest BCUT2D eigenvalue weighted by atomic mass is 9.99. The molecule has 0 saturated heterocycles. The third kappa shape index (κ3) is 2.08. The second kappa shape index (κ2) is 3.57. The summed E-state index contributed by atoms with van der Waals surface area (Å²) in [5, 5.41) is 2.98. The van der Waals surface area contributed by atoms with Crippen molar-refractivity contribution in [2.45, 2.75) is 32.2 Å². The van der Waals surface area contributed by atoms with Crippen LogP contribution in [0.2, 0.25) is 0 Å². The monoisotopic (exact) mass is 227 g/mol. The summed E-state index contributed by atoms with van der Waals surface area (Å²) < 4.78 is 26.3. The number of aromatic nitrogens is 1. The van der Waals surface area contributed by atoms with Gasteiger partial charge in [0.15, 0.2) is 23.3 Å². The van der Waals surface area contributed by atoms with Crippen molar-refractivity contribution in [2.24, 2.45) is 5.92 Å². The van der Waals surface area contributed by atoms with Gasteiger partial charge >= 0.3 is 0 Å². The molecule has 1 heterocycles. The summed E-state index contributed by atoms with van der Waals surface area (Å²) in [6.45, 7) is 3.96. The minimum atomic E-state index is -0.827. The van der Waals surface area contributed by atoms with E-state index in [9.17, 15) is 8.78 Å². The van der Waals surface area contributed by atoms with Crippen molar-refractivity contribution in [3.63, 3.8) is 0 Å². The third-order valence-corrected chi connectivity index (χ3v) is 3.00. The first-order chi connectivity index (χ1) is 7.40. The molecule has 0 unspecified atom stereocenters. The van der Waals surface area contributed by atoms with Gasteiger partial charge in [0.2, 0.25) is 0 Å². The number of nitrogens with zero attached hydrogens (tertiary/aromatic N) is 1. The Labute approximate surface area is 93.1 Å². The predicted molar refractivity (Wildman–Crippen MR) is 59.0 cm³/mol. The fourth-order valence-electron chi connectivity index (χ4n) is 1.78. The Kier molecular flexibility index (Phi) is 2.48. The highest BCUT2D eigenvalue weighted by atomic mass is 19.1. The summed E-state index contributed by atoms with van der Waals surface area (Å²) in [5.41, 5.74) is 5.07. The molecule has 3 N–H and O–H groups in total. The molecule has 1 aromatic rings. The van der Waals surface area contributed by atoms with Gasteiger partial charge in [-0.15, -0.1) is 0 Å². The van der Waals surface area contributed by atoms with Crippen LogP contribution < -0.4 is 11.1 Å². The first-order valence-corrected chi connectivity index (χ1v) is 5.30. The van der Waals surface area contributed by atoms with Crippen LogP contribution in [0, 0.1) is 17.6 Å². The molecule has 1 aliphatic carbocycles. The SMILES string of the molecule is CC(C)(Nc1nc(N)c(F)cc1F)C1CC1. The van der Waals surface area contributed by atoms with E-state index >= 15 is 0 Å². The van der Waals surface area contributed by atoms with E-state index in [0.717, 1.165) is 18.9 Å². The highest BCUT2D eigenvalue weighted by molar-refractivity contribution is 5.46. The first kappa shape index (κ1) is 11.1. The summed E-state index contributed by atoms with van der Waals surface area (Å²) >= 11 is 0. The van der Waals surface area contributed by atoms with E-state index in [1.165, 1.54) is 0 Å². The Balaban J connectivity index is 2.23. The highest BCUT2D eigenvalue weighted by Crippen LogP contribution is 2.41. The molecule has 0 aromatic carbocycles. The molecule has 2 rings (SSSR count). The fraction of sp³-hybridized carbons (Fsp3) is 0.545. The number of nitrogens with one attached hydrogen (secondary N) is 1. The summed E-state index contributed by atoms with van der Waals surface area (Å²) in [5.74, 6) is -1.28. The van der Waals surface area contributed by atoms with Crippen molar-refractivity contribution < 1.29 is 8.78 Å². The average molecular weight is 227 g/mol. The van der Waals surface area contributed by atoms with Crippen molar-refractivity contribution in [2.75, 3.05) is 11.1 Å².